The van der Waals surface area contributed by atoms with Crippen molar-refractivity contribution in [1.82, 2.24) is 19.7 Å². The predicted molar refractivity (Wildman–Crippen MR) is 60.6 cm³/mol. The van der Waals surface area contributed by atoms with Gasteiger partial charge in [0.2, 0.25) is 5.95 Å². The minimum absolute atomic E-state index is 0.399. The third-order valence-corrected chi connectivity index (χ3v) is 2.34. The zero-order valence-electron chi connectivity index (χ0n) is 7.98. The van der Waals surface area contributed by atoms with Gasteiger partial charge in [0, 0.05) is 19.4 Å². The van der Waals surface area contributed by atoms with Crippen LogP contribution in [0.5, 0.6) is 0 Å². The van der Waals surface area contributed by atoms with Gasteiger partial charge in [-0.15, -0.1) is 0 Å². The second-order valence-corrected chi connectivity index (χ2v) is 3.81. The van der Waals surface area contributed by atoms with Gasteiger partial charge in [-0.1, -0.05) is 0 Å². The summed E-state index contributed by atoms with van der Waals surface area (Å²) in [7, 11) is 1.84. The molecular formula is C8H9BrN6. The average molecular weight is 269 g/mol. The van der Waals surface area contributed by atoms with Crippen LogP contribution in [0, 0.1) is 0 Å². The lowest BCUT2D eigenvalue weighted by molar-refractivity contribution is 0.768. The van der Waals surface area contributed by atoms with Crippen LogP contribution in [0.1, 0.15) is 0 Å². The molecule has 0 saturated heterocycles. The Labute approximate surface area is 94.7 Å². The van der Waals surface area contributed by atoms with Gasteiger partial charge in [-0.05, 0) is 15.9 Å². The lowest BCUT2D eigenvalue weighted by atomic mass is 10.5. The van der Waals surface area contributed by atoms with Crippen molar-refractivity contribution in [3.63, 3.8) is 0 Å². The van der Waals surface area contributed by atoms with E-state index in [1.165, 1.54) is 0 Å². The van der Waals surface area contributed by atoms with Crippen LogP contribution in [0.2, 0.25) is 0 Å². The van der Waals surface area contributed by atoms with Gasteiger partial charge in [0.15, 0.2) is 0 Å². The number of anilines is 3. The van der Waals surface area contributed by atoms with E-state index in [-0.39, 0.29) is 0 Å². The molecule has 0 aliphatic carbocycles. The van der Waals surface area contributed by atoms with Crippen molar-refractivity contribution in [2.75, 3.05) is 11.1 Å². The van der Waals surface area contributed by atoms with E-state index in [4.69, 9.17) is 5.73 Å². The minimum atomic E-state index is 0.399. The molecule has 0 atom stereocenters. The van der Waals surface area contributed by atoms with E-state index in [0.29, 0.717) is 16.2 Å². The highest BCUT2D eigenvalue weighted by atomic mass is 79.9. The Bertz CT molecular complexity index is 480. The Morgan fingerprint density at radius 3 is 2.87 bits per heavy atom. The van der Waals surface area contributed by atoms with E-state index in [0.717, 1.165) is 5.69 Å². The number of aromatic nitrogens is 4. The number of hydrogen-bond donors (Lipinski definition) is 2. The smallest absolute Gasteiger partial charge is 0.229 e. The lowest BCUT2D eigenvalue weighted by Crippen LogP contribution is -2.00. The first kappa shape index (κ1) is 9.91. The highest BCUT2D eigenvalue weighted by Crippen LogP contribution is 2.18. The van der Waals surface area contributed by atoms with Gasteiger partial charge in [-0.3, -0.25) is 4.68 Å². The molecule has 6 nitrogen and oxygen atoms in total. The summed E-state index contributed by atoms with van der Waals surface area (Å²) in [6, 6.07) is 0. The number of halogens is 1. The van der Waals surface area contributed by atoms with Crippen molar-refractivity contribution < 1.29 is 0 Å². The summed E-state index contributed by atoms with van der Waals surface area (Å²) in [6.45, 7) is 0. The number of hydrogen-bond acceptors (Lipinski definition) is 5. The maximum atomic E-state index is 5.62. The van der Waals surface area contributed by atoms with Gasteiger partial charge in [0.25, 0.3) is 0 Å². The molecule has 0 aromatic carbocycles. The summed E-state index contributed by atoms with van der Waals surface area (Å²) >= 11 is 3.22. The molecule has 0 spiro atoms. The quantitative estimate of drug-likeness (QED) is 0.858. The third-order valence-electron chi connectivity index (χ3n) is 1.73. The Morgan fingerprint density at radius 1 is 1.47 bits per heavy atom. The van der Waals surface area contributed by atoms with Gasteiger partial charge in [0.1, 0.15) is 5.82 Å². The van der Waals surface area contributed by atoms with Crippen molar-refractivity contribution in [3.05, 3.63) is 23.1 Å². The molecule has 2 aromatic rings. The van der Waals surface area contributed by atoms with Gasteiger partial charge < -0.3 is 11.1 Å². The Morgan fingerprint density at radius 2 is 2.27 bits per heavy atom. The molecule has 0 bridgehead atoms. The van der Waals surface area contributed by atoms with E-state index in [2.05, 4.69) is 36.3 Å². The summed E-state index contributed by atoms with van der Waals surface area (Å²) in [5.41, 5.74) is 6.44. The fourth-order valence-corrected chi connectivity index (χ4v) is 1.25. The molecule has 2 heterocycles. The second-order valence-electron chi connectivity index (χ2n) is 2.95. The summed E-state index contributed by atoms with van der Waals surface area (Å²) < 4.78 is 2.36. The average Bonchev–Trinajstić information content (AvgIpc) is 2.58. The van der Waals surface area contributed by atoms with Crippen LogP contribution in [0.25, 0.3) is 0 Å². The molecule has 3 N–H and O–H groups in total. The van der Waals surface area contributed by atoms with Gasteiger partial charge in [0.05, 0.1) is 16.4 Å². The SMILES string of the molecule is Cn1cc(Nc2ncc(Br)c(N)n2)cn1. The Balaban J connectivity index is 2.21. The highest BCUT2D eigenvalue weighted by Gasteiger charge is 2.02. The van der Waals surface area contributed by atoms with E-state index in [1.807, 2.05) is 13.2 Å². The van der Waals surface area contributed by atoms with Crippen LogP contribution >= 0.6 is 15.9 Å². The van der Waals surface area contributed by atoms with E-state index < -0.39 is 0 Å². The topological polar surface area (TPSA) is 81.7 Å². The summed E-state index contributed by atoms with van der Waals surface area (Å²) in [5, 5.41) is 7.00. The van der Waals surface area contributed by atoms with Crippen LogP contribution in [0.3, 0.4) is 0 Å². The van der Waals surface area contributed by atoms with Gasteiger partial charge in [-0.2, -0.15) is 10.1 Å². The summed E-state index contributed by atoms with van der Waals surface area (Å²) in [5.74, 6) is 0.847. The first-order valence-corrected chi connectivity index (χ1v) is 4.98. The molecule has 2 aromatic heterocycles. The van der Waals surface area contributed by atoms with Gasteiger partial charge >= 0.3 is 0 Å². The van der Waals surface area contributed by atoms with Crippen molar-refractivity contribution in [2.24, 2.45) is 7.05 Å². The number of nitrogens with zero attached hydrogens (tertiary/aromatic N) is 4. The normalized spacial score (nSPS) is 10.3. The van der Waals surface area contributed by atoms with E-state index >= 15 is 0 Å². The lowest BCUT2D eigenvalue weighted by Gasteiger charge is -2.02. The molecule has 0 radical (unpaired) electrons. The van der Waals surface area contributed by atoms with Crippen LogP contribution in [-0.4, -0.2) is 19.7 Å². The second kappa shape index (κ2) is 3.85. The fraction of sp³-hybridized carbons (Fsp3) is 0.125. The number of nitrogen functional groups attached to an aromatic ring is 1. The van der Waals surface area contributed by atoms with Gasteiger partial charge in [-0.25, -0.2) is 4.98 Å². The monoisotopic (exact) mass is 268 g/mol. The minimum Gasteiger partial charge on any atom is -0.383 e. The molecule has 2 rings (SSSR count). The largest absolute Gasteiger partial charge is 0.383 e. The predicted octanol–water partition coefficient (Wildman–Crippen LogP) is 1.30. The molecule has 78 valence electrons. The fourth-order valence-electron chi connectivity index (χ4n) is 1.06. The van der Waals surface area contributed by atoms with Crippen molar-refractivity contribution in [2.45, 2.75) is 0 Å². The number of rotatable bonds is 2. The van der Waals surface area contributed by atoms with Crippen LogP contribution in [0.15, 0.2) is 23.1 Å². The van der Waals surface area contributed by atoms with Crippen molar-refractivity contribution >= 4 is 33.4 Å². The molecule has 0 fully saturated rings. The zero-order valence-corrected chi connectivity index (χ0v) is 9.56. The van der Waals surface area contributed by atoms with Crippen molar-refractivity contribution in [3.8, 4) is 0 Å². The highest BCUT2D eigenvalue weighted by molar-refractivity contribution is 9.10. The molecular weight excluding hydrogens is 260 g/mol. The number of nitrogens with two attached hydrogens (primary N) is 1. The Kier molecular flexibility index (Phi) is 2.55. The molecule has 0 saturated carbocycles. The van der Waals surface area contributed by atoms with Crippen LogP contribution < -0.4 is 11.1 Å². The van der Waals surface area contributed by atoms with E-state index in [9.17, 15) is 0 Å². The maximum absolute atomic E-state index is 5.62. The number of aryl methyl sites for hydroxylation is 1. The zero-order chi connectivity index (χ0) is 10.8. The van der Waals surface area contributed by atoms with Crippen LogP contribution in [0.4, 0.5) is 17.5 Å². The molecule has 0 amide bonds. The summed E-state index contributed by atoms with van der Waals surface area (Å²) in [4.78, 5) is 8.11. The Hall–Kier alpha value is -1.63. The number of nitrogens with one attached hydrogen (secondary N) is 1. The molecule has 0 unspecified atom stereocenters. The first-order valence-electron chi connectivity index (χ1n) is 4.19. The standard InChI is InChI=1S/C8H9BrN6/c1-15-4-5(2-12-15)13-8-11-3-6(9)7(10)14-8/h2-4H,1H3,(H3,10,11,13,14). The van der Waals surface area contributed by atoms with Crippen LogP contribution in [-0.2, 0) is 7.05 Å². The molecule has 7 heteroatoms. The van der Waals surface area contributed by atoms with Crippen molar-refractivity contribution in [1.29, 1.82) is 0 Å². The van der Waals surface area contributed by atoms with E-state index in [1.54, 1.807) is 17.1 Å². The first-order chi connectivity index (χ1) is 7.15. The summed E-state index contributed by atoms with van der Waals surface area (Å²) in [6.07, 6.45) is 5.10. The molecule has 0 aliphatic rings. The third kappa shape index (κ3) is 2.24. The molecule has 0 aliphatic heterocycles. The maximum Gasteiger partial charge on any atom is 0.229 e. The molecule has 15 heavy (non-hydrogen) atoms.